The van der Waals surface area contributed by atoms with Crippen LogP contribution in [0, 0.1) is 5.92 Å². The molecule has 18 heavy (non-hydrogen) atoms. The van der Waals surface area contributed by atoms with Crippen LogP contribution in [0.4, 0.5) is 5.69 Å². The summed E-state index contributed by atoms with van der Waals surface area (Å²) in [4.78, 5) is 14.5. The standard InChI is InChI=1S/C14H19ClN2O/c1-9(2)12-7-4-8-17(12)14(18)10-5-3-6-11(15)13(10)16/h3,5-6,9,12H,4,7-8,16H2,1-2H3. The number of para-hydroxylation sites is 1. The number of amides is 1. The van der Waals surface area contributed by atoms with E-state index in [1.165, 1.54) is 0 Å². The van der Waals surface area contributed by atoms with Crippen molar-refractivity contribution in [2.75, 3.05) is 12.3 Å². The fraction of sp³-hybridized carbons (Fsp3) is 0.500. The van der Waals surface area contributed by atoms with Gasteiger partial charge >= 0.3 is 0 Å². The number of benzene rings is 1. The highest BCUT2D eigenvalue weighted by atomic mass is 35.5. The summed E-state index contributed by atoms with van der Waals surface area (Å²) in [6.07, 6.45) is 2.14. The lowest BCUT2D eigenvalue weighted by atomic mass is 10.0. The average molecular weight is 267 g/mol. The van der Waals surface area contributed by atoms with Crippen molar-refractivity contribution in [3.63, 3.8) is 0 Å². The Morgan fingerprint density at radius 1 is 1.50 bits per heavy atom. The third-order valence-electron chi connectivity index (χ3n) is 3.61. The fourth-order valence-corrected chi connectivity index (χ4v) is 2.79. The summed E-state index contributed by atoms with van der Waals surface area (Å²) in [6.45, 7) is 5.11. The Kier molecular flexibility index (Phi) is 3.81. The first-order chi connectivity index (χ1) is 8.52. The molecule has 2 N–H and O–H groups in total. The summed E-state index contributed by atoms with van der Waals surface area (Å²) in [5.74, 6) is 0.475. The van der Waals surface area contributed by atoms with E-state index in [4.69, 9.17) is 17.3 Å². The summed E-state index contributed by atoms with van der Waals surface area (Å²) >= 11 is 5.97. The van der Waals surface area contributed by atoms with E-state index in [0.717, 1.165) is 19.4 Å². The second-order valence-electron chi connectivity index (χ2n) is 5.15. The van der Waals surface area contributed by atoms with Gasteiger partial charge in [0.2, 0.25) is 0 Å². The third kappa shape index (κ3) is 2.32. The SMILES string of the molecule is CC(C)C1CCCN1C(=O)c1cccc(Cl)c1N. The van der Waals surface area contributed by atoms with Gasteiger partial charge in [0.15, 0.2) is 0 Å². The molecule has 0 aromatic heterocycles. The van der Waals surface area contributed by atoms with E-state index in [0.29, 0.717) is 28.2 Å². The molecule has 0 radical (unpaired) electrons. The van der Waals surface area contributed by atoms with Crippen LogP contribution in [0.15, 0.2) is 18.2 Å². The molecule has 0 saturated carbocycles. The van der Waals surface area contributed by atoms with Crippen LogP contribution in [-0.2, 0) is 0 Å². The fourth-order valence-electron chi connectivity index (χ4n) is 2.62. The molecule has 1 saturated heterocycles. The lowest BCUT2D eigenvalue weighted by Crippen LogP contribution is -2.38. The van der Waals surface area contributed by atoms with Gasteiger partial charge in [-0.05, 0) is 30.9 Å². The molecule has 0 spiro atoms. The maximum atomic E-state index is 12.5. The number of likely N-dealkylation sites (tertiary alicyclic amines) is 1. The zero-order valence-corrected chi connectivity index (χ0v) is 11.6. The number of anilines is 1. The maximum Gasteiger partial charge on any atom is 0.256 e. The van der Waals surface area contributed by atoms with E-state index in [1.807, 2.05) is 4.90 Å². The third-order valence-corrected chi connectivity index (χ3v) is 3.94. The first-order valence-electron chi connectivity index (χ1n) is 6.37. The molecule has 2 rings (SSSR count). The summed E-state index contributed by atoms with van der Waals surface area (Å²) in [5.41, 5.74) is 6.80. The van der Waals surface area contributed by atoms with Crippen LogP contribution in [0.1, 0.15) is 37.0 Å². The number of rotatable bonds is 2. The van der Waals surface area contributed by atoms with E-state index in [2.05, 4.69) is 13.8 Å². The van der Waals surface area contributed by atoms with Gasteiger partial charge in [-0.3, -0.25) is 4.79 Å². The normalized spacial score (nSPS) is 19.6. The zero-order chi connectivity index (χ0) is 13.3. The van der Waals surface area contributed by atoms with Crippen molar-refractivity contribution >= 4 is 23.2 Å². The van der Waals surface area contributed by atoms with Crippen LogP contribution in [0.2, 0.25) is 5.02 Å². The van der Waals surface area contributed by atoms with Crippen molar-refractivity contribution in [3.05, 3.63) is 28.8 Å². The van der Waals surface area contributed by atoms with Crippen LogP contribution in [-0.4, -0.2) is 23.4 Å². The van der Waals surface area contributed by atoms with Gasteiger partial charge in [-0.1, -0.05) is 31.5 Å². The molecule has 1 aliphatic rings. The maximum absolute atomic E-state index is 12.5. The molecule has 1 amide bonds. The monoisotopic (exact) mass is 266 g/mol. The number of nitrogens with zero attached hydrogens (tertiary/aromatic N) is 1. The van der Waals surface area contributed by atoms with Crippen LogP contribution >= 0.6 is 11.6 Å². The van der Waals surface area contributed by atoms with Crippen molar-refractivity contribution in [3.8, 4) is 0 Å². The molecule has 1 heterocycles. The Morgan fingerprint density at radius 3 is 2.89 bits per heavy atom. The first kappa shape index (κ1) is 13.2. The Labute approximate surface area is 113 Å². The quantitative estimate of drug-likeness (QED) is 0.836. The molecule has 98 valence electrons. The van der Waals surface area contributed by atoms with Crippen LogP contribution in [0.25, 0.3) is 0 Å². The van der Waals surface area contributed by atoms with Crippen molar-refractivity contribution in [1.29, 1.82) is 0 Å². The average Bonchev–Trinajstić information content (AvgIpc) is 2.81. The lowest BCUT2D eigenvalue weighted by Gasteiger charge is -2.28. The number of carbonyl (C=O) groups excluding carboxylic acids is 1. The molecule has 1 fully saturated rings. The summed E-state index contributed by atoms with van der Waals surface area (Å²) in [6, 6.07) is 5.54. The minimum Gasteiger partial charge on any atom is -0.397 e. The second-order valence-corrected chi connectivity index (χ2v) is 5.56. The van der Waals surface area contributed by atoms with Crippen molar-refractivity contribution in [2.45, 2.75) is 32.7 Å². The van der Waals surface area contributed by atoms with E-state index in [-0.39, 0.29) is 5.91 Å². The summed E-state index contributed by atoms with van der Waals surface area (Å²) in [5, 5.41) is 0.446. The first-order valence-corrected chi connectivity index (χ1v) is 6.75. The number of hydrogen-bond acceptors (Lipinski definition) is 2. The Morgan fingerprint density at radius 2 is 2.22 bits per heavy atom. The molecule has 0 aliphatic carbocycles. The molecular weight excluding hydrogens is 248 g/mol. The van der Waals surface area contributed by atoms with Gasteiger partial charge < -0.3 is 10.6 Å². The summed E-state index contributed by atoms with van der Waals surface area (Å²) in [7, 11) is 0. The van der Waals surface area contributed by atoms with Crippen molar-refractivity contribution in [2.24, 2.45) is 5.92 Å². The number of nitrogens with two attached hydrogens (primary N) is 1. The number of carbonyl (C=O) groups is 1. The van der Waals surface area contributed by atoms with Crippen LogP contribution in [0.3, 0.4) is 0 Å². The largest absolute Gasteiger partial charge is 0.397 e. The minimum atomic E-state index is 0.00574. The van der Waals surface area contributed by atoms with E-state index in [1.54, 1.807) is 18.2 Å². The smallest absolute Gasteiger partial charge is 0.256 e. The Balaban J connectivity index is 2.28. The number of nitrogen functional groups attached to an aromatic ring is 1. The molecule has 1 aromatic rings. The number of hydrogen-bond donors (Lipinski definition) is 1. The highest BCUT2D eigenvalue weighted by Gasteiger charge is 2.32. The zero-order valence-electron chi connectivity index (χ0n) is 10.8. The van der Waals surface area contributed by atoms with Gasteiger partial charge in [-0.2, -0.15) is 0 Å². The molecule has 1 atom stereocenters. The lowest BCUT2D eigenvalue weighted by molar-refractivity contribution is 0.0702. The van der Waals surface area contributed by atoms with Crippen LogP contribution < -0.4 is 5.73 Å². The molecular formula is C14H19ClN2O. The predicted molar refractivity (Wildman–Crippen MR) is 74.8 cm³/mol. The van der Waals surface area contributed by atoms with Gasteiger partial charge in [-0.25, -0.2) is 0 Å². The van der Waals surface area contributed by atoms with E-state index < -0.39 is 0 Å². The van der Waals surface area contributed by atoms with Gasteiger partial charge in [0.25, 0.3) is 5.91 Å². The second kappa shape index (κ2) is 5.19. The molecule has 1 unspecified atom stereocenters. The van der Waals surface area contributed by atoms with Gasteiger partial charge in [0.1, 0.15) is 0 Å². The molecule has 4 heteroatoms. The van der Waals surface area contributed by atoms with E-state index in [9.17, 15) is 4.79 Å². The number of halogens is 1. The minimum absolute atomic E-state index is 0.00574. The van der Waals surface area contributed by atoms with Crippen molar-refractivity contribution in [1.82, 2.24) is 4.90 Å². The topological polar surface area (TPSA) is 46.3 Å². The van der Waals surface area contributed by atoms with Crippen LogP contribution in [0.5, 0.6) is 0 Å². The van der Waals surface area contributed by atoms with Gasteiger partial charge in [-0.15, -0.1) is 0 Å². The highest BCUT2D eigenvalue weighted by molar-refractivity contribution is 6.33. The molecule has 3 nitrogen and oxygen atoms in total. The van der Waals surface area contributed by atoms with Gasteiger partial charge in [0.05, 0.1) is 16.3 Å². The molecule has 1 aliphatic heterocycles. The molecule has 0 bridgehead atoms. The highest BCUT2D eigenvalue weighted by Crippen LogP contribution is 2.29. The van der Waals surface area contributed by atoms with E-state index >= 15 is 0 Å². The van der Waals surface area contributed by atoms with Gasteiger partial charge in [0, 0.05) is 12.6 Å². The predicted octanol–water partition coefficient (Wildman–Crippen LogP) is 3.18. The summed E-state index contributed by atoms with van der Waals surface area (Å²) < 4.78 is 0. The van der Waals surface area contributed by atoms with Crippen molar-refractivity contribution < 1.29 is 4.79 Å². The molecule has 1 aromatic carbocycles. The Hall–Kier alpha value is -1.22. The Bertz CT molecular complexity index is 459.